The molecule has 88 valence electrons. The summed E-state index contributed by atoms with van der Waals surface area (Å²) in [6, 6.07) is 6.11. The van der Waals surface area contributed by atoms with Crippen molar-refractivity contribution in [1.29, 1.82) is 15.8 Å². The van der Waals surface area contributed by atoms with Crippen LogP contribution in [0.5, 0.6) is 0 Å². The van der Waals surface area contributed by atoms with E-state index in [1.807, 2.05) is 0 Å². The predicted molar refractivity (Wildman–Crippen MR) is 68.8 cm³/mol. The second-order valence-electron chi connectivity index (χ2n) is 2.81. The molecule has 1 rings (SSSR count). The smallest absolute Gasteiger partial charge is 0.237 e. The van der Waals surface area contributed by atoms with E-state index in [9.17, 15) is 4.39 Å². The van der Waals surface area contributed by atoms with Gasteiger partial charge in [0.25, 0.3) is 0 Å². The van der Waals surface area contributed by atoms with Crippen molar-refractivity contribution in [3.8, 4) is 18.2 Å². The Morgan fingerprint density at radius 1 is 1.22 bits per heavy atom. The summed E-state index contributed by atoms with van der Waals surface area (Å²) >= 11 is 6.08. The standard InChI is InChI=1S/C10H2Br2FN5/c11-7-1-8(12)10(6(4-16)9(7)13)18-17-5(2-14)3-15/h1,18H. The SMILES string of the molecule is N#CC(C#N)=NNc1c(Br)cc(Br)c(F)c1C#N. The number of rotatable bonds is 2. The predicted octanol–water partition coefficient (Wildman–Crippen LogP) is 3.04. The topological polar surface area (TPSA) is 95.8 Å². The fourth-order valence-corrected chi connectivity index (χ4v) is 2.25. The maximum absolute atomic E-state index is 13.6. The van der Waals surface area contributed by atoms with Crippen molar-refractivity contribution in [2.75, 3.05) is 5.43 Å². The van der Waals surface area contributed by atoms with Gasteiger partial charge in [0.1, 0.15) is 23.8 Å². The zero-order chi connectivity index (χ0) is 13.7. The quantitative estimate of drug-likeness (QED) is 0.491. The molecule has 0 spiro atoms. The molecule has 8 heteroatoms. The molecule has 0 radical (unpaired) electrons. The van der Waals surface area contributed by atoms with Crippen LogP contribution < -0.4 is 5.43 Å². The van der Waals surface area contributed by atoms with Crippen LogP contribution in [-0.4, -0.2) is 5.71 Å². The lowest BCUT2D eigenvalue weighted by Crippen LogP contribution is -2.01. The highest BCUT2D eigenvalue weighted by atomic mass is 79.9. The number of halogens is 3. The molecule has 0 heterocycles. The first-order valence-electron chi connectivity index (χ1n) is 4.26. The van der Waals surface area contributed by atoms with Crippen LogP contribution in [0.25, 0.3) is 0 Å². The Hall–Kier alpha value is -1.95. The summed E-state index contributed by atoms with van der Waals surface area (Å²) in [6.07, 6.45) is 0. The van der Waals surface area contributed by atoms with Crippen LogP contribution in [0.3, 0.4) is 0 Å². The van der Waals surface area contributed by atoms with Crippen molar-refractivity contribution in [1.82, 2.24) is 0 Å². The molecule has 0 saturated heterocycles. The molecule has 0 saturated carbocycles. The summed E-state index contributed by atoms with van der Waals surface area (Å²) < 4.78 is 14.1. The molecule has 0 fully saturated rings. The van der Waals surface area contributed by atoms with Crippen molar-refractivity contribution in [3.63, 3.8) is 0 Å². The van der Waals surface area contributed by atoms with Crippen molar-refractivity contribution in [2.24, 2.45) is 5.10 Å². The van der Waals surface area contributed by atoms with Crippen molar-refractivity contribution >= 4 is 43.3 Å². The van der Waals surface area contributed by atoms with E-state index in [0.717, 1.165) is 0 Å². The molecule has 0 aliphatic heterocycles. The highest BCUT2D eigenvalue weighted by molar-refractivity contribution is 9.11. The van der Waals surface area contributed by atoms with Crippen LogP contribution in [0.1, 0.15) is 5.56 Å². The summed E-state index contributed by atoms with van der Waals surface area (Å²) in [7, 11) is 0. The molecular weight excluding hydrogens is 369 g/mol. The first kappa shape index (κ1) is 14.1. The lowest BCUT2D eigenvalue weighted by atomic mass is 10.2. The maximum Gasteiger partial charge on any atom is 0.237 e. The van der Waals surface area contributed by atoms with Gasteiger partial charge < -0.3 is 0 Å². The molecule has 0 aliphatic carbocycles. The van der Waals surface area contributed by atoms with E-state index in [4.69, 9.17) is 15.8 Å². The number of hydrogen-bond donors (Lipinski definition) is 1. The zero-order valence-corrected chi connectivity index (χ0v) is 11.7. The van der Waals surface area contributed by atoms with E-state index < -0.39 is 11.5 Å². The lowest BCUT2D eigenvalue weighted by Gasteiger charge is -2.08. The maximum atomic E-state index is 13.6. The van der Waals surface area contributed by atoms with Crippen LogP contribution in [0.15, 0.2) is 20.1 Å². The molecule has 5 nitrogen and oxygen atoms in total. The molecule has 0 bridgehead atoms. The number of benzene rings is 1. The minimum atomic E-state index is -0.756. The van der Waals surface area contributed by atoms with Gasteiger partial charge in [0.15, 0.2) is 5.82 Å². The third kappa shape index (κ3) is 2.84. The van der Waals surface area contributed by atoms with Gasteiger partial charge in [0, 0.05) is 4.47 Å². The molecule has 0 atom stereocenters. The Labute approximate surface area is 118 Å². The Kier molecular flexibility index (Phi) is 4.79. The number of nitrogens with one attached hydrogen (secondary N) is 1. The van der Waals surface area contributed by atoms with E-state index in [1.165, 1.54) is 18.2 Å². The number of hydrazone groups is 1. The average Bonchev–Trinajstić information content (AvgIpc) is 2.36. The Morgan fingerprint density at radius 2 is 1.83 bits per heavy atom. The van der Waals surface area contributed by atoms with Crippen LogP contribution >= 0.6 is 31.9 Å². The van der Waals surface area contributed by atoms with Gasteiger partial charge >= 0.3 is 0 Å². The Bertz CT molecular complexity index is 632. The van der Waals surface area contributed by atoms with Crippen LogP contribution in [-0.2, 0) is 0 Å². The van der Waals surface area contributed by atoms with Gasteiger partial charge in [-0.15, -0.1) is 0 Å². The molecule has 0 unspecified atom stereocenters. The van der Waals surface area contributed by atoms with Crippen LogP contribution in [0.4, 0.5) is 10.1 Å². The summed E-state index contributed by atoms with van der Waals surface area (Å²) in [4.78, 5) is 0. The lowest BCUT2D eigenvalue weighted by molar-refractivity contribution is 0.617. The van der Waals surface area contributed by atoms with Gasteiger partial charge in [-0.05, 0) is 37.9 Å². The van der Waals surface area contributed by atoms with Crippen LogP contribution in [0.2, 0.25) is 0 Å². The fraction of sp³-hybridized carbons (Fsp3) is 0. The first-order chi connectivity index (χ1) is 8.54. The highest BCUT2D eigenvalue weighted by Crippen LogP contribution is 2.33. The van der Waals surface area contributed by atoms with E-state index in [0.29, 0.717) is 4.47 Å². The third-order valence-electron chi connectivity index (χ3n) is 1.77. The normalized spacial score (nSPS) is 8.67. The summed E-state index contributed by atoms with van der Waals surface area (Å²) in [5.74, 6) is -0.756. The van der Waals surface area contributed by atoms with E-state index >= 15 is 0 Å². The van der Waals surface area contributed by atoms with Crippen LogP contribution in [0, 0.1) is 39.8 Å². The number of nitrogens with zero attached hydrogens (tertiary/aromatic N) is 4. The van der Waals surface area contributed by atoms with Gasteiger partial charge in [0.2, 0.25) is 5.71 Å². The van der Waals surface area contributed by atoms with E-state index in [1.54, 1.807) is 6.07 Å². The van der Waals surface area contributed by atoms with Crippen molar-refractivity contribution in [2.45, 2.75) is 0 Å². The van der Waals surface area contributed by atoms with Gasteiger partial charge in [-0.25, -0.2) is 4.39 Å². The van der Waals surface area contributed by atoms with Gasteiger partial charge in [-0.3, -0.25) is 5.43 Å². The number of nitriles is 3. The fourth-order valence-electron chi connectivity index (χ4n) is 0.996. The summed E-state index contributed by atoms with van der Waals surface area (Å²) in [5, 5.41) is 29.3. The number of hydrogen-bond acceptors (Lipinski definition) is 5. The van der Waals surface area contributed by atoms with E-state index in [2.05, 4.69) is 42.4 Å². The Morgan fingerprint density at radius 3 is 2.33 bits per heavy atom. The molecule has 1 N–H and O–H groups in total. The molecule has 0 aromatic heterocycles. The van der Waals surface area contributed by atoms with Crippen molar-refractivity contribution < 1.29 is 4.39 Å². The molecule has 0 aliphatic rings. The van der Waals surface area contributed by atoms with Crippen molar-refractivity contribution in [3.05, 3.63) is 26.4 Å². The summed E-state index contributed by atoms with van der Waals surface area (Å²) in [5.41, 5.74) is 1.64. The third-order valence-corrected chi connectivity index (χ3v) is 2.98. The monoisotopic (exact) mass is 369 g/mol. The second-order valence-corrected chi connectivity index (χ2v) is 4.52. The van der Waals surface area contributed by atoms with Gasteiger partial charge in [-0.1, -0.05) is 0 Å². The van der Waals surface area contributed by atoms with E-state index in [-0.39, 0.29) is 15.7 Å². The molecule has 1 aromatic carbocycles. The average molecular weight is 371 g/mol. The Balaban J connectivity index is 3.32. The zero-order valence-electron chi connectivity index (χ0n) is 8.50. The van der Waals surface area contributed by atoms with Gasteiger partial charge in [-0.2, -0.15) is 20.9 Å². The molecule has 18 heavy (non-hydrogen) atoms. The summed E-state index contributed by atoms with van der Waals surface area (Å²) in [6.45, 7) is 0. The molecular formula is C10H2Br2FN5. The molecule has 1 aromatic rings. The van der Waals surface area contributed by atoms with Gasteiger partial charge in [0.05, 0.1) is 10.2 Å². The largest absolute Gasteiger partial charge is 0.274 e. The minimum Gasteiger partial charge on any atom is -0.274 e. The first-order valence-corrected chi connectivity index (χ1v) is 5.85. The second kappa shape index (κ2) is 6.11. The number of anilines is 1. The minimum absolute atomic E-state index is 0.0428. The highest BCUT2D eigenvalue weighted by Gasteiger charge is 2.15. The molecule has 0 amide bonds.